The van der Waals surface area contributed by atoms with Crippen molar-refractivity contribution < 1.29 is 9.90 Å². The molecule has 1 rings (SSSR count). The van der Waals surface area contributed by atoms with Gasteiger partial charge in [0.05, 0.1) is 6.54 Å². The smallest absolute Gasteiger partial charge is 0.352 e. The van der Waals surface area contributed by atoms with Crippen molar-refractivity contribution in [1.29, 1.82) is 0 Å². The Labute approximate surface area is 95.0 Å². The molecule has 0 atom stereocenters. The Morgan fingerprint density at radius 3 is 2.50 bits per heavy atom. The van der Waals surface area contributed by atoms with E-state index in [1.54, 1.807) is 13.8 Å². The first kappa shape index (κ1) is 12.2. The van der Waals surface area contributed by atoms with Crippen LogP contribution in [0, 0.1) is 5.92 Å². The summed E-state index contributed by atoms with van der Waals surface area (Å²) in [5, 5.41) is 12.8. The monoisotopic (exact) mass is 220 g/mol. The lowest BCUT2D eigenvalue weighted by molar-refractivity contribution is -0.129. The molecule has 0 saturated heterocycles. The summed E-state index contributed by atoms with van der Waals surface area (Å²) in [4.78, 5) is 10.8. The van der Waals surface area contributed by atoms with Gasteiger partial charge in [0.2, 0.25) is 0 Å². The normalized spacial score (nSPS) is 11.6. The van der Waals surface area contributed by atoms with Crippen molar-refractivity contribution in [2.45, 2.75) is 20.4 Å². The van der Waals surface area contributed by atoms with Gasteiger partial charge >= 0.3 is 5.97 Å². The van der Waals surface area contributed by atoms with Gasteiger partial charge < -0.3 is 10.5 Å². The standard InChI is InChI=1S/C12H16N2O2/c1-9(2)11(12(15)16)14-13-8-10-6-4-3-5-7-10/h3-7,9,13H,8H2,1-2H3,(H,15,16). The number of nitrogens with zero attached hydrogens (tertiary/aromatic N) is 1. The van der Waals surface area contributed by atoms with Crippen LogP contribution < -0.4 is 5.43 Å². The molecule has 86 valence electrons. The lowest BCUT2D eigenvalue weighted by atomic mass is 10.1. The van der Waals surface area contributed by atoms with Gasteiger partial charge in [-0.15, -0.1) is 0 Å². The van der Waals surface area contributed by atoms with Gasteiger partial charge in [0.25, 0.3) is 0 Å². The fraction of sp³-hybridized carbons (Fsp3) is 0.333. The minimum atomic E-state index is -0.976. The third kappa shape index (κ3) is 3.73. The van der Waals surface area contributed by atoms with Crippen molar-refractivity contribution in [2.75, 3.05) is 0 Å². The van der Waals surface area contributed by atoms with Crippen LogP contribution in [0.1, 0.15) is 19.4 Å². The predicted molar refractivity (Wildman–Crippen MR) is 63.2 cm³/mol. The number of hydrogen-bond acceptors (Lipinski definition) is 3. The average molecular weight is 220 g/mol. The molecular formula is C12H16N2O2. The van der Waals surface area contributed by atoms with E-state index in [0.717, 1.165) is 5.56 Å². The Bertz CT molecular complexity index is 372. The topological polar surface area (TPSA) is 61.7 Å². The minimum absolute atomic E-state index is 0.0965. The first-order valence-corrected chi connectivity index (χ1v) is 5.19. The molecule has 0 aliphatic rings. The molecule has 0 aliphatic heterocycles. The van der Waals surface area contributed by atoms with Crippen molar-refractivity contribution >= 4 is 11.7 Å². The van der Waals surface area contributed by atoms with Gasteiger partial charge in [-0.1, -0.05) is 44.2 Å². The molecule has 4 heteroatoms. The van der Waals surface area contributed by atoms with Gasteiger partial charge in [-0.25, -0.2) is 4.79 Å². The highest BCUT2D eigenvalue weighted by Crippen LogP contribution is 1.99. The number of nitrogens with one attached hydrogen (secondary N) is 1. The van der Waals surface area contributed by atoms with E-state index in [-0.39, 0.29) is 11.6 Å². The minimum Gasteiger partial charge on any atom is -0.477 e. The summed E-state index contributed by atoms with van der Waals surface area (Å²) in [6, 6.07) is 9.71. The summed E-state index contributed by atoms with van der Waals surface area (Å²) < 4.78 is 0. The summed E-state index contributed by atoms with van der Waals surface area (Å²) in [7, 11) is 0. The summed E-state index contributed by atoms with van der Waals surface area (Å²) in [6.07, 6.45) is 0. The Balaban J connectivity index is 2.56. The molecule has 4 nitrogen and oxygen atoms in total. The molecule has 1 aromatic rings. The molecule has 0 spiro atoms. The van der Waals surface area contributed by atoms with E-state index in [1.807, 2.05) is 30.3 Å². The fourth-order valence-corrected chi connectivity index (χ4v) is 1.24. The average Bonchev–Trinajstić information content (AvgIpc) is 2.24. The van der Waals surface area contributed by atoms with Crippen molar-refractivity contribution in [3.05, 3.63) is 35.9 Å². The first-order chi connectivity index (χ1) is 7.61. The lowest BCUT2D eigenvalue weighted by Gasteiger charge is -2.06. The van der Waals surface area contributed by atoms with E-state index in [1.165, 1.54) is 0 Å². The molecule has 0 fully saturated rings. The Hall–Kier alpha value is -1.84. The number of rotatable bonds is 5. The fourth-order valence-electron chi connectivity index (χ4n) is 1.24. The summed E-state index contributed by atoms with van der Waals surface area (Å²) >= 11 is 0. The molecule has 1 aromatic carbocycles. The van der Waals surface area contributed by atoms with Crippen LogP contribution in [0.2, 0.25) is 0 Å². The number of aliphatic carboxylic acids is 1. The molecule has 0 heterocycles. The molecule has 0 aliphatic carbocycles. The Morgan fingerprint density at radius 2 is 2.00 bits per heavy atom. The largest absolute Gasteiger partial charge is 0.477 e. The van der Waals surface area contributed by atoms with Gasteiger partial charge in [0.1, 0.15) is 5.71 Å². The van der Waals surface area contributed by atoms with Crippen LogP contribution in [0.5, 0.6) is 0 Å². The Kier molecular flexibility index (Phi) is 4.51. The highest BCUT2D eigenvalue weighted by molar-refractivity contribution is 6.36. The van der Waals surface area contributed by atoms with Gasteiger partial charge in [-0.3, -0.25) is 0 Å². The number of carboxylic acid groups (broad SMARTS) is 1. The molecule has 0 bridgehead atoms. The number of carboxylic acids is 1. The van der Waals surface area contributed by atoms with Gasteiger partial charge in [-0.05, 0) is 5.56 Å². The third-order valence-corrected chi connectivity index (χ3v) is 2.09. The van der Waals surface area contributed by atoms with E-state index in [4.69, 9.17) is 5.11 Å². The summed E-state index contributed by atoms with van der Waals surface area (Å²) in [5.41, 5.74) is 3.99. The highest BCUT2D eigenvalue weighted by atomic mass is 16.4. The first-order valence-electron chi connectivity index (χ1n) is 5.19. The van der Waals surface area contributed by atoms with E-state index in [0.29, 0.717) is 6.54 Å². The van der Waals surface area contributed by atoms with Gasteiger partial charge in [0.15, 0.2) is 0 Å². The molecule has 0 saturated carbocycles. The summed E-state index contributed by atoms with van der Waals surface area (Å²) in [6.45, 7) is 4.14. The number of hydrogen-bond donors (Lipinski definition) is 2. The van der Waals surface area contributed by atoms with Crippen LogP contribution in [0.4, 0.5) is 0 Å². The van der Waals surface area contributed by atoms with Crippen LogP contribution >= 0.6 is 0 Å². The second kappa shape index (κ2) is 5.90. The molecule has 16 heavy (non-hydrogen) atoms. The zero-order valence-corrected chi connectivity index (χ0v) is 9.47. The van der Waals surface area contributed by atoms with Crippen LogP contribution in [0.25, 0.3) is 0 Å². The van der Waals surface area contributed by atoms with Crippen LogP contribution in [0.15, 0.2) is 35.4 Å². The third-order valence-electron chi connectivity index (χ3n) is 2.09. The van der Waals surface area contributed by atoms with Gasteiger partial charge in [-0.2, -0.15) is 5.10 Å². The van der Waals surface area contributed by atoms with Crippen LogP contribution in [0.3, 0.4) is 0 Å². The maximum Gasteiger partial charge on any atom is 0.352 e. The zero-order valence-electron chi connectivity index (χ0n) is 9.47. The highest BCUT2D eigenvalue weighted by Gasteiger charge is 2.13. The summed E-state index contributed by atoms with van der Waals surface area (Å²) in [5.74, 6) is -1.07. The van der Waals surface area contributed by atoms with Gasteiger partial charge in [0, 0.05) is 5.92 Å². The Morgan fingerprint density at radius 1 is 1.38 bits per heavy atom. The van der Waals surface area contributed by atoms with Crippen molar-refractivity contribution in [2.24, 2.45) is 11.0 Å². The SMILES string of the molecule is CC(C)C(=NNCc1ccccc1)C(=O)O. The quantitative estimate of drug-likeness (QED) is 0.588. The number of benzene rings is 1. The van der Waals surface area contributed by atoms with Crippen LogP contribution in [-0.4, -0.2) is 16.8 Å². The van der Waals surface area contributed by atoms with E-state index < -0.39 is 5.97 Å². The lowest BCUT2D eigenvalue weighted by Crippen LogP contribution is -2.23. The van der Waals surface area contributed by atoms with E-state index >= 15 is 0 Å². The molecule has 0 radical (unpaired) electrons. The zero-order chi connectivity index (χ0) is 12.0. The number of hydrazone groups is 1. The van der Waals surface area contributed by atoms with Crippen molar-refractivity contribution in [3.8, 4) is 0 Å². The maximum atomic E-state index is 10.8. The van der Waals surface area contributed by atoms with Crippen molar-refractivity contribution in [3.63, 3.8) is 0 Å². The molecule has 2 N–H and O–H groups in total. The van der Waals surface area contributed by atoms with E-state index in [9.17, 15) is 4.79 Å². The molecule has 0 aromatic heterocycles. The molecular weight excluding hydrogens is 204 g/mol. The molecule has 0 unspecified atom stereocenters. The predicted octanol–water partition coefficient (Wildman–Crippen LogP) is 1.87. The molecule has 0 amide bonds. The van der Waals surface area contributed by atoms with Crippen molar-refractivity contribution in [1.82, 2.24) is 5.43 Å². The maximum absolute atomic E-state index is 10.8. The number of carbonyl (C=O) groups is 1. The van der Waals surface area contributed by atoms with E-state index in [2.05, 4.69) is 10.5 Å². The second-order valence-corrected chi connectivity index (χ2v) is 3.78. The van der Waals surface area contributed by atoms with Crippen LogP contribution in [-0.2, 0) is 11.3 Å². The second-order valence-electron chi connectivity index (χ2n) is 3.78.